The molecule has 1 saturated heterocycles. The van der Waals surface area contributed by atoms with Gasteiger partial charge in [-0.1, -0.05) is 59.9 Å². The Labute approximate surface area is 207 Å². The number of carbonyl (C=O) groups excluding carboxylic acids is 2. The third-order valence-electron chi connectivity index (χ3n) is 6.12. The number of methoxy groups -OCH3 is 2. The molecular weight excluding hydrogens is 462 g/mol. The number of para-hydroxylation sites is 1. The van der Waals surface area contributed by atoms with Crippen LogP contribution in [0.2, 0.25) is 0 Å². The van der Waals surface area contributed by atoms with Crippen LogP contribution in [0.4, 0.5) is 10.8 Å². The molecule has 0 radical (unpaired) electrons. The number of fused-ring (bicyclic) bond motifs is 1. The first kappa shape index (κ1) is 22.9. The summed E-state index contributed by atoms with van der Waals surface area (Å²) in [6.07, 6.45) is 0.163. The Morgan fingerprint density at radius 1 is 1.00 bits per heavy atom. The standard InChI is InChI=1S/C27H25N3O4S/c1-33-21-13-14-22(34-2)25-24(21)28-27(35-25)30(16-18-9-5-3-6-10-18)26(32)19-15-23(31)29(17-19)20-11-7-4-8-12-20/h3-14,19H,15-17H2,1-2H3. The molecule has 0 spiro atoms. The Bertz CT molecular complexity index is 1320. The van der Waals surface area contributed by atoms with Gasteiger partial charge >= 0.3 is 0 Å². The fraction of sp³-hybridized carbons (Fsp3) is 0.222. The van der Waals surface area contributed by atoms with Crippen molar-refractivity contribution in [2.45, 2.75) is 13.0 Å². The molecule has 35 heavy (non-hydrogen) atoms. The topological polar surface area (TPSA) is 72.0 Å². The van der Waals surface area contributed by atoms with Crippen LogP contribution >= 0.6 is 11.3 Å². The van der Waals surface area contributed by atoms with E-state index in [-0.39, 0.29) is 18.2 Å². The molecule has 0 bridgehead atoms. The SMILES string of the molecule is COc1ccc(OC)c2sc(N(Cc3ccccc3)C(=O)C3CC(=O)N(c4ccccc4)C3)nc12. The van der Waals surface area contributed by atoms with Gasteiger partial charge in [0.1, 0.15) is 21.7 Å². The minimum absolute atomic E-state index is 0.0538. The minimum Gasteiger partial charge on any atom is -0.495 e. The molecule has 0 saturated carbocycles. The van der Waals surface area contributed by atoms with Crippen LogP contribution in [0.1, 0.15) is 12.0 Å². The lowest BCUT2D eigenvalue weighted by Gasteiger charge is -2.23. The molecule has 5 rings (SSSR count). The van der Waals surface area contributed by atoms with Crippen LogP contribution in [0.5, 0.6) is 11.5 Å². The Morgan fingerprint density at radius 3 is 2.34 bits per heavy atom. The van der Waals surface area contributed by atoms with Crippen molar-refractivity contribution >= 4 is 44.2 Å². The highest BCUT2D eigenvalue weighted by molar-refractivity contribution is 7.22. The minimum atomic E-state index is -0.470. The number of thiazole rings is 1. The predicted molar refractivity (Wildman–Crippen MR) is 137 cm³/mol. The summed E-state index contributed by atoms with van der Waals surface area (Å²) in [6.45, 7) is 0.685. The van der Waals surface area contributed by atoms with E-state index in [1.807, 2.05) is 66.7 Å². The quantitative estimate of drug-likeness (QED) is 0.371. The summed E-state index contributed by atoms with van der Waals surface area (Å²) in [7, 11) is 3.20. The van der Waals surface area contributed by atoms with E-state index in [0.29, 0.717) is 35.2 Å². The van der Waals surface area contributed by atoms with E-state index in [2.05, 4.69) is 0 Å². The molecule has 1 unspecified atom stereocenters. The maximum atomic E-state index is 13.9. The Kier molecular flexibility index (Phi) is 6.37. The molecule has 1 fully saturated rings. The number of rotatable bonds is 7. The molecular formula is C27H25N3O4S. The Hall–Kier alpha value is -3.91. The van der Waals surface area contributed by atoms with Gasteiger partial charge in [-0.3, -0.25) is 14.5 Å². The average Bonchev–Trinajstić information content (AvgIpc) is 3.51. The summed E-state index contributed by atoms with van der Waals surface area (Å²) < 4.78 is 11.9. The summed E-state index contributed by atoms with van der Waals surface area (Å²) >= 11 is 1.38. The van der Waals surface area contributed by atoms with E-state index >= 15 is 0 Å². The van der Waals surface area contributed by atoms with Gasteiger partial charge in [0.25, 0.3) is 0 Å². The van der Waals surface area contributed by atoms with Crippen molar-refractivity contribution in [2.24, 2.45) is 5.92 Å². The maximum absolute atomic E-state index is 13.9. The third kappa shape index (κ3) is 4.44. The average molecular weight is 488 g/mol. The number of nitrogens with zero attached hydrogens (tertiary/aromatic N) is 3. The normalized spacial score (nSPS) is 15.4. The lowest BCUT2D eigenvalue weighted by molar-refractivity contribution is -0.124. The van der Waals surface area contributed by atoms with Gasteiger partial charge in [-0.25, -0.2) is 4.98 Å². The van der Waals surface area contributed by atoms with Crippen LogP contribution in [0.15, 0.2) is 72.8 Å². The first-order valence-corrected chi connectivity index (χ1v) is 12.1. The van der Waals surface area contributed by atoms with Gasteiger partial charge in [0.15, 0.2) is 5.13 Å². The monoisotopic (exact) mass is 487 g/mol. The number of aromatic nitrogens is 1. The molecule has 1 aliphatic rings. The first-order chi connectivity index (χ1) is 17.1. The molecule has 8 heteroatoms. The molecule has 7 nitrogen and oxygen atoms in total. The van der Waals surface area contributed by atoms with Crippen molar-refractivity contribution in [3.63, 3.8) is 0 Å². The zero-order valence-corrected chi connectivity index (χ0v) is 20.3. The predicted octanol–water partition coefficient (Wildman–Crippen LogP) is 4.90. The van der Waals surface area contributed by atoms with Gasteiger partial charge in [0.2, 0.25) is 11.8 Å². The number of carbonyl (C=O) groups is 2. The number of hydrogen-bond donors (Lipinski definition) is 0. The number of anilines is 2. The van der Waals surface area contributed by atoms with Crippen molar-refractivity contribution in [2.75, 3.05) is 30.6 Å². The van der Waals surface area contributed by atoms with Gasteiger partial charge in [-0.05, 0) is 29.8 Å². The van der Waals surface area contributed by atoms with Crippen molar-refractivity contribution in [1.29, 1.82) is 0 Å². The lowest BCUT2D eigenvalue weighted by atomic mass is 10.1. The second kappa shape index (κ2) is 9.76. The zero-order valence-electron chi connectivity index (χ0n) is 19.5. The fourth-order valence-corrected chi connectivity index (χ4v) is 5.43. The van der Waals surface area contributed by atoms with Gasteiger partial charge in [-0.2, -0.15) is 0 Å². The molecule has 2 amide bonds. The second-order valence-corrected chi connectivity index (χ2v) is 9.27. The zero-order chi connectivity index (χ0) is 24.4. The van der Waals surface area contributed by atoms with Crippen molar-refractivity contribution < 1.29 is 19.1 Å². The number of hydrogen-bond acceptors (Lipinski definition) is 6. The van der Waals surface area contributed by atoms with Crippen molar-refractivity contribution in [1.82, 2.24) is 4.98 Å². The van der Waals surface area contributed by atoms with Gasteiger partial charge in [0.05, 0.1) is 26.7 Å². The van der Waals surface area contributed by atoms with Crippen LogP contribution in [-0.2, 0) is 16.1 Å². The summed E-state index contributed by atoms with van der Waals surface area (Å²) in [6, 6.07) is 22.9. The molecule has 4 aromatic rings. The highest BCUT2D eigenvalue weighted by Gasteiger charge is 2.38. The van der Waals surface area contributed by atoms with E-state index in [9.17, 15) is 9.59 Å². The van der Waals surface area contributed by atoms with Gasteiger partial charge in [0, 0.05) is 18.7 Å². The van der Waals surface area contributed by atoms with Gasteiger partial charge in [-0.15, -0.1) is 0 Å². The summed E-state index contributed by atoms with van der Waals surface area (Å²) in [5.74, 6) is 0.631. The second-order valence-electron chi connectivity index (χ2n) is 8.30. The van der Waals surface area contributed by atoms with Crippen LogP contribution in [0.25, 0.3) is 10.2 Å². The molecule has 1 aromatic heterocycles. The third-order valence-corrected chi connectivity index (χ3v) is 7.21. The smallest absolute Gasteiger partial charge is 0.234 e. The van der Waals surface area contributed by atoms with Gasteiger partial charge < -0.3 is 14.4 Å². The van der Waals surface area contributed by atoms with Crippen LogP contribution in [0, 0.1) is 5.92 Å². The van der Waals surface area contributed by atoms with Crippen molar-refractivity contribution in [3.05, 3.63) is 78.4 Å². The van der Waals surface area contributed by atoms with Crippen molar-refractivity contribution in [3.8, 4) is 11.5 Å². The Balaban J connectivity index is 1.52. The molecule has 0 N–H and O–H groups in total. The van der Waals surface area contributed by atoms with E-state index < -0.39 is 5.92 Å². The fourth-order valence-electron chi connectivity index (χ4n) is 4.35. The van der Waals surface area contributed by atoms with E-state index in [4.69, 9.17) is 14.5 Å². The van der Waals surface area contributed by atoms with E-state index in [1.165, 1.54) is 11.3 Å². The number of amides is 2. The van der Waals surface area contributed by atoms with E-state index in [1.54, 1.807) is 30.1 Å². The van der Waals surface area contributed by atoms with Crippen LogP contribution in [-0.4, -0.2) is 37.6 Å². The molecule has 178 valence electrons. The lowest BCUT2D eigenvalue weighted by Crippen LogP contribution is -2.37. The first-order valence-electron chi connectivity index (χ1n) is 11.3. The summed E-state index contributed by atoms with van der Waals surface area (Å²) in [5.41, 5.74) is 2.42. The van der Waals surface area contributed by atoms with Crippen LogP contribution < -0.4 is 19.3 Å². The van der Waals surface area contributed by atoms with Crippen LogP contribution in [0.3, 0.4) is 0 Å². The number of benzene rings is 3. The molecule has 2 heterocycles. The highest BCUT2D eigenvalue weighted by Crippen LogP contribution is 2.41. The Morgan fingerprint density at radius 2 is 1.66 bits per heavy atom. The molecule has 1 aliphatic heterocycles. The molecule has 1 atom stereocenters. The summed E-state index contributed by atoms with van der Waals surface area (Å²) in [5, 5.41) is 0.544. The summed E-state index contributed by atoms with van der Waals surface area (Å²) in [4.78, 5) is 34.9. The largest absolute Gasteiger partial charge is 0.495 e. The molecule has 3 aromatic carbocycles. The maximum Gasteiger partial charge on any atom is 0.234 e. The van der Waals surface area contributed by atoms with E-state index in [0.717, 1.165) is 16.0 Å². The highest BCUT2D eigenvalue weighted by atomic mass is 32.1. The number of ether oxygens (including phenoxy) is 2. The molecule has 0 aliphatic carbocycles.